The van der Waals surface area contributed by atoms with Crippen molar-refractivity contribution < 1.29 is 20.1 Å². The largest absolute Gasteiger partial charge is 0.394 e. The standard InChI is InChI=1S/C34H70O.C3H8O3/c1-3-5-7-9-11-13-15-17-19-21-23-25-27-29-31-33-35-34-32-30-28-26-24-22-20-18-16-14-12-10-8-6-4-2;4-1-3(6)2-5/h3-34H2,1-2H3;3-6H,1-2H2. The zero-order valence-electron chi connectivity index (χ0n) is 28.4. The summed E-state index contributed by atoms with van der Waals surface area (Å²) >= 11 is 0. The lowest BCUT2D eigenvalue weighted by Gasteiger charge is -2.05. The second-order valence-electron chi connectivity index (χ2n) is 12.5. The number of ether oxygens (including phenoxy) is 1. The molecule has 0 saturated carbocycles. The Morgan fingerprint density at radius 2 is 0.537 bits per heavy atom. The fourth-order valence-electron chi connectivity index (χ4n) is 5.31. The fraction of sp³-hybridized carbons (Fsp3) is 1.00. The van der Waals surface area contributed by atoms with Crippen LogP contribution >= 0.6 is 0 Å². The summed E-state index contributed by atoms with van der Waals surface area (Å²) in [6.07, 6.45) is 42.1. The Kier molecular flexibility index (Phi) is 44.0. The number of hydrogen-bond acceptors (Lipinski definition) is 4. The number of aliphatic hydroxyl groups excluding tert-OH is 3. The van der Waals surface area contributed by atoms with E-state index in [4.69, 9.17) is 20.1 Å². The van der Waals surface area contributed by atoms with E-state index in [1.165, 1.54) is 193 Å². The van der Waals surface area contributed by atoms with Crippen molar-refractivity contribution in [3.8, 4) is 0 Å². The number of unbranched alkanes of at least 4 members (excludes halogenated alkanes) is 28. The van der Waals surface area contributed by atoms with E-state index in [1.807, 2.05) is 0 Å². The van der Waals surface area contributed by atoms with Gasteiger partial charge in [-0.25, -0.2) is 0 Å². The third-order valence-corrected chi connectivity index (χ3v) is 8.21. The summed E-state index contributed by atoms with van der Waals surface area (Å²) in [6.45, 7) is 5.87. The molecule has 0 heterocycles. The summed E-state index contributed by atoms with van der Waals surface area (Å²) in [6, 6.07) is 0. The number of hydrogen-bond donors (Lipinski definition) is 3. The van der Waals surface area contributed by atoms with Crippen LogP contribution in [0.1, 0.15) is 206 Å². The molecule has 4 nitrogen and oxygen atoms in total. The van der Waals surface area contributed by atoms with Gasteiger partial charge in [0.05, 0.1) is 13.2 Å². The van der Waals surface area contributed by atoms with E-state index in [0.29, 0.717) is 0 Å². The van der Waals surface area contributed by atoms with Crippen LogP contribution in [0.15, 0.2) is 0 Å². The molecule has 0 aromatic rings. The fourth-order valence-corrected chi connectivity index (χ4v) is 5.31. The molecule has 0 aromatic heterocycles. The lowest BCUT2D eigenvalue weighted by atomic mass is 10.0. The Labute approximate surface area is 258 Å². The van der Waals surface area contributed by atoms with Crippen LogP contribution in [0.2, 0.25) is 0 Å². The average molecular weight is 587 g/mol. The minimum Gasteiger partial charge on any atom is -0.394 e. The molecule has 0 fully saturated rings. The van der Waals surface area contributed by atoms with E-state index in [0.717, 1.165) is 13.2 Å². The molecule has 3 N–H and O–H groups in total. The summed E-state index contributed by atoms with van der Waals surface area (Å²) in [4.78, 5) is 0. The molecule has 0 saturated heterocycles. The lowest BCUT2D eigenvalue weighted by molar-refractivity contribution is 0.0450. The molecule has 4 heteroatoms. The van der Waals surface area contributed by atoms with Crippen molar-refractivity contribution in [1.29, 1.82) is 0 Å². The molecule has 0 rings (SSSR count). The normalized spacial score (nSPS) is 11.3. The first kappa shape index (κ1) is 43.0. The maximum absolute atomic E-state index is 8.17. The van der Waals surface area contributed by atoms with Crippen molar-refractivity contribution in [2.24, 2.45) is 0 Å². The van der Waals surface area contributed by atoms with Gasteiger partial charge in [0.15, 0.2) is 0 Å². The van der Waals surface area contributed by atoms with Gasteiger partial charge in [-0.15, -0.1) is 0 Å². The van der Waals surface area contributed by atoms with Gasteiger partial charge >= 0.3 is 0 Å². The topological polar surface area (TPSA) is 69.9 Å². The molecule has 0 aliphatic rings. The Morgan fingerprint density at radius 3 is 0.707 bits per heavy atom. The Morgan fingerprint density at radius 1 is 0.341 bits per heavy atom. The Bertz CT molecular complexity index is 382. The van der Waals surface area contributed by atoms with Crippen LogP contribution in [0.5, 0.6) is 0 Å². The average Bonchev–Trinajstić information content (AvgIpc) is 2.99. The third-order valence-electron chi connectivity index (χ3n) is 8.21. The molecule has 0 spiro atoms. The monoisotopic (exact) mass is 587 g/mol. The van der Waals surface area contributed by atoms with Crippen LogP contribution in [0.4, 0.5) is 0 Å². The molecule has 0 unspecified atom stereocenters. The molecule has 0 aliphatic carbocycles. The molecule has 0 amide bonds. The van der Waals surface area contributed by atoms with Crippen molar-refractivity contribution in [1.82, 2.24) is 0 Å². The molecule has 0 bridgehead atoms. The molecule has 250 valence electrons. The summed E-state index contributed by atoms with van der Waals surface area (Å²) in [5.41, 5.74) is 0. The van der Waals surface area contributed by atoms with Crippen molar-refractivity contribution in [3.63, 3.8) is 0 Å². The first-order chi connectivity index (χ1) is 20.2. The second-order valence-corrected chi connectivity index (χ2v) is 12.5. The van der Waals surface area contributed by atoms with Crippen molar-refractivity contribution in [3.05, 3.63) is 0 Å². The van der Waals surface area contributed by atoms with E-state index < -0.39 is 6.10 Å². The van der Waals surface area contributed by atoms with Gasteiger partial charge < -0.3 is 20.1 Å². The van der Waals surface area contributed by atoms with Crippen molar-refractivity contribution >= 4 is 0 Å². The molecule has 41 heavy (non-hydrogen) atoms. The summed E-state index contributed by atoms with van der Waals surface area (Å²) < 4.78 is 5.86. The van der Waals surface area contributed by atoms with E-state index in [9.17, 15) is 0 Å². The second kappa shape index (κ2) is 42.0. The van der Waals surface area contributed by atoms with Crippen LogP contribution < -0.4 is 0 Å². The number of rotatable bonds is 34. The van der Waals surface area contributed by atoms with Gasteiger partial charge in [0, 0.05) is 13.2 Å². The van der Waals surface area contributed by atoms with Gasteiger partial charge in [-0.3, -0.25) is 0 Å². The first-order valence-corrected chi connectivity index (χ1v) is 18.7. The highest BCUT2D eigenvalue weighted by molar-refractivity contribution is 4.51. The lowest BCUT2D eigenvalue weighted by Crippen LogP contribution is -2.15. The highest BCUT2D eigenvalue weighted by Crippen LogP contribution is 2.15. The van der Waals surface area contributed by atoms with Crippen LogP contribution in [0.3, 0.4) is 0 Å². The minimum absolute atomic E-state index is 0.365. The summed E-state index contributed by atoms with van der Waals surface area (Å²) in [7, 11) is 0. The molecule has 0 atom stereocenters. The zero-order valence-corrected chi connectivity index (χ0v) is 28.4. The zero-order chi connectivity index (χ0) is 30.3. The van der Waals surface area contributed by atoms with E-state index in [2.05, 4.69) is 13.8 Å². The maximum Gasteiger partial charge on any atom is 0.100 e. The van der Waals surface area contributed by atoms with Crippen molar-refractivity contribution in [2.75, 3.05) is 26.4 Å². The van der Waals surface area contributed by atoms with Gasteiger partial charge in [-0.2, -0.15) is 0 Å². The van der Waals surface area contributed by atoms with Gasteiger partial charge in [-0.05, 0) is 12.8 Å². The van der Waals surface area contributed by atoms with Gasteiger partial charge in [0.1, 0.15) is 6.10 Å². The number of aliphatic hydroxyl groups is 3. The summed E-state index contributed by atoms with van der Waals surface area (Å²) in [5.74, 6) is 0. The van der Waals surface area contributed by atoms with Gasteiger partial charge in [-0.1, -0.05) is 194 Å². The van der Waals surface area contributed by atoms with E-state index in [-0.39, 0.29) is 13.2 Å². The molecular weight excluding hydrogens is 508 g/mol. The summed E-state index contributed by atoms with van der Waals surface area (Å²) in [5, 5.41) is 24.0. The van der Waals surface area contributed by atoms with E-state index in [1.54, 1.807) is 0 Å². The first-order valence-electron chi connectivity index (χ1n) is 18.7. The maximum atomic E-state index is 8.17. The quantitative estimate of drug-likeness (QED) is 0.0656. The molecule has 0 radical (unpaired) electrons. The predicted molar refractivity (Wildman–Crippen MR) is 181 cm³/mol. The minimum atomic E-state index is -0.954. The van der Waals surface area contributed by atoms with Crippen LogP contribution in [0.25, 0.3) is 0 Å². The predicted octanol–water partition coefficient (Wildman–Crippen LogP) is 11.1. The highest BCUT2D eigenvalue weighted by Gasteiger charge is 1.97. The van der Waals surface area contributed by atoms with Crippen LogP contribution in [-0.4, -0.2) is 47.9 Å². The Hall–Kier alpha value is -0.160. The van der Waals surface area contributed by atoms with Gasteiger partial charge in [0.25, 0.3) is 0 Å². The molecule has 0 aromatic carbocycles. The molecular formula is C37H78O4. The van der Waals surface area contributed by atoms with Gasteiger partial charge in [0.2, 0.25) is 0 Å². The third kappa shape index (κ3) is 44.4. The smallest absolute Gasteiger partial charge is 0.100 e. The molecule has 0 aliphatic heterocycles. The SMILES string of the molecule is CCCCCCCCCCCCCCCCCOCCCCCCCCCCCCCCCCC.OCC(O)CO. The van der Waals surface area contributed by atoms with Crippen molar-refractivity contribution in [2.45, 2.75) is 213 Å². The Balaban J connectivity index is 0. The highest BCUT2D eigenvalue weighted by atomic mass is 16.5. The van der Waals surface area contributed by atoms with E-state index >= 15 is 0 Å². The van der Waals surface area contributed by atoms with Crippen LogP contribution in [0, 0.1) is 0 Å². The van der Waals surface area contributed by atoms with Crippen LogP contribution in [-0.2, 0) is 4.74 Å².